The third-order valence-corrected chi connectivity index (χ3v) is 4.40. The van der Waals surface area contributed by atoms with Gasteiger partial charge in [0.25, 0.3) is 5.91 Å². The summed E-state index contributed by atoms with van der Waals surface area (Å²) in [7, 11) is 0. The first-order valence-electron chi connectivity index (χ1n) is 7.51. The normalized spacial score (nSPS) is 34.7. The van der Waals surface area contributed by atoms with E-state index < -0.39 is 0 Å². The van der Waals surface area contributed by atoms with Gasteiger partial charge < -0.3 is 20.1 Å². The number of rotatable bonds is 5. The van der Waals surface area contributed by atoms with Crippen LogP contribution in [0.5, 0.6) is 0 Å². The summed E-state index contributed by atoms with van der Waals surface area (Å²) in [5, 5.41) is 0. The number of hydrogen-bond acceptors (Lipinski definition) is 4. The molecule has 1 saturated carbocycles. The van der Waals surface area contributed by atoms with Crippen molar-refractivity contribution in [3.63, 3.8) is 0 Å². The summed E-state index contributed by atoms with van der Waals surface area (Å²) < 4.78 is 11.2. The number of carbonyl (C=O) groups excluding carboxylic acids is 1. The van der Waals surface area contributed by atoms with Gasteiger partial charge in [0, 0.05) is 31.7 Å². The van der Waals surface area contributed by atoms with Crippen molar-refractivity contribution >= 4 is 5.91 Å². The number of carbonyl (C=O) groups is 1. The second kappa shape index (κ2) is 5.77. The lowest BCUT2D eigenvalue weighted by Crippen LogP contribution is -2.43. The van der Waals surface area contributed by atoms with Crippen LogP contribution < -0.4 is 5.73 Å². The zero-order chi connectivity index (χ0) is 13.2. The van der Waals surface area contributed by atoms with E-state index in [2.05, 4.69) is 4.90 Å². The van der Waals surface area contributed by atoms with E-state index in [-0.39, 0.29) is 18.1 Å². The van der Waals surface area contributed by atoms with E-state index in [0.29, 0.717) is 18.5 Å². The number of nitrogens with two attached hydrogens (primary N) is 1. The first kappa shape index (κ1) is 13.3. The van der Waals surface area contributed by atoms with E-state index in [9.17, 15) is 4.79 Å². The molecule has 0 aromatic rings. The number of hydrogen-bond donors (Lipinski definition) is 1. The summed E-state index contributed by atoms with van der Waals surface area (Å²) in [5.74, 6) is 0.696. The van der Waals surface area contributed by atoms with Crippen LogP contribution in [0.15, 0.2) is 0 Å². The Balaban J connectivity index is 1.58. The Bertz CT molecular complexity index is 327. The van der Waals surface area contributed by atoms with Gasteiger partial charge in [-0.2, -0.15) is 0 Å². The van der Waals surface area contributed by atoms with Crippen molar-refractivity contribution in [2.24, 2.45) is 11.7 Å². The van der Waals surface area contributed by atoms with E-state index in [1.165, 1.54) is 0 Å². The molecule has 1 amide bonds. The van der Waals surface area contributed by atoms with Gasteiger partial charge >= 0.3 is 0 Å². The van der Waals surface area contributed by atoms with Crippen molar-refractivity contribution in [1.29, 1.82) is 0 Å². The van der Waals surface area contributed by atoms with Gasteiger partial charge in [-0.05, 0) is 32.1 Å². The highest BCUT2D eigenvalue weighted by atomic mass is 16.5. The summed E-state index contributed by atoms with van der Waals surface area (Å²) in [6, 6.07) is 0.452. The van der Waals surface area contributed by atoms with Crippen LogP contribution in [0, 0.1) is 5.92 Å². The van der Waals surface area contributed by atoms with Crippen LogP contribution in [0.1, 0.15) is 32.1 Å². The van der Waals surface area contributed by atoms with Gasteiger partial charge in [0.15, 0.2) is 0 Å². The minimum atomic E-state index is -0.253. The maximum atomic E-state index is 12.6. The third-order valence-electron chi connectivity index (χ3n) is 4.40. The second-order valence-corrected chi connectivity index (χ2v) is 6.01. The average Bonchev–Trinajstić information content (AvgIpc) is 2.95. The van der Waals surface area contributed by atoms with Gasteiger partial charge in [-0.15, -0.1) is 0 Å². The van der Waals surface area contributed by atoms with Crippen molar-refractivity contribution in [3.05, 3.63) is 0 Å². The predicted octanol–water partition coefficient (Wildman–Crippen LogP) is 0.520. The largest absolute Gasteiger partial charge is 0.381 e. The van der Waals surface area contributed by atoms with Crippen molar-refractivity contribution in [2.75, 3.05) is 26.3 Å². The van der Waals surface area contributed by atoms with Crippen molar-refractivity contribution in [1.82, 2.24) is 4.90 Å². The van der Waals surface area contributed by atoms with E-state index in [4.69, 9.17) is 15.2 Å². The van der Waals surface area contributed by atoms with Gasteiger partial charge in [0.1, 0.15) is 6.10 Å². The summed E-state index contributed by atoms with van der Waals surface area (Å²) in [6.45, 7) is 3.00. The van der Waals surface area contributed by atoms with Gasteiger partial charge in [0.2, 0.25) is 0 Å². The zero-order valence-electron chi connectivity index (χ0n) is 11.4. The monoisotopic (exact) mass is 268 g/mol. The van der Waals surface area contributed by atoms with Crippen molar-refractivity contribution < 1.29 is 14.3 Å². The highest BCUT2D eigenvalue weighted by molar-refractivity contribution is 5.81. The van der Waals surface area contributed by atoms with Gasteiger partial charge in [-0.1, -0.05) is 0 Å². The molecular weight excluding hydrogens is 244 g/mol. The maximum absolute atomic E-state index is 12.6. The molecule has 3 fully saturated rings. The summed E-state index contributed by atoms with van der Waals surface area (Å²) in [4.78, 5) is 14.7. The second-order valence-electron chi connectivity index (χ2n) is 6.01. The molecule has 0 aromatic carbocycles. The first-order valence-corrected chi connectivity index (χ1v) is 7.51. The molecule has 1 aliphatic carbocycles. The number of amides is 1. The molecule has 3 atom stereocenters. The molecule has 2 heterocycles. The van der Waals surface area contributed by atoms with Crippen molar-refractivity contribution in [3.8, 4) is 0 Å². The fourth-order valence-corrected chi connectivity index (χ4v) is 3.06. The molecule has 0 spiro atoms. The third kappa shape index (κ3) is 3.09. The molecule has 2 aliphatic heterocycles. The van der Waals surface area contributed by atoms with E-state index >= 15 is 0 Å². The Morgan fingerprint density at radius 3 is 2.63 bits per heavy atom. The van der Waals surface area contributed by atoms with E-state index in [1.807, 2.05) is 0 Å². The Labute approximate surface area is 114 Å². The lowest BCUT2D eigenvalue weighted by Gasteiger charge is -2.27. The Kier molecular flexibility index (Phi) is 4.05. The minimum absolute atomic E-state index is 0.0739. The van der Waals surface area contributed by atoms with Crippen LogP contribution in [0.2, 0.25) is 0 Å². The molecule has 2 saturated heterocycles. The molecule has 108 valence electrons. The lowest BCUT2D eigenvalue weighted by atomic mass is 10.1. The van der Waals surface area contributed by atoms with Crippen LogP contribution in [0.3, 0.4) is 0 Å². The van der Waals surface area contributed by atoms with E-state index in [1.54, 1.807) is 0 Å². The molecule has 0 radical (unpaired) electrons. The Morgan fingerprint density at radius 1 is 1.21 bits per heavy atom. The van der Waals surface area contributed by atoms with Crippen molar-refractivity contribution in [2.45, 2.75) is 50.4 Å². The summed E-state index contributed by atoms with van der Waals surface area (Å²) in [5.41, 5.74) is 5.61. The van der Waals surface area contributed by atoms with Gasteiger partial charge in [-0.25, -0.2) is 0 Å². The lowest BCUT2D eigenvalue weighted by molar-refractivity contribution is -0.144. The fourth-order valence-electron chi connectivity index (χ4n) is 3.06. The van der Waals surface area contributed by atoms with Crippen LogP contribution in [0.4, 0.5) is 0 Å². The first-order chi connectivity index (χ1) is 9.28. The molecule has 3 rings (SSSR count). The standard InChI is InChI=1S/C14H24N2O3/c15-7-12-3-4-13(19-12)14(17)16(11-1-2-11)8-10-5-6-18-9-10/h10-13H,1-9,15H2. The molecular formula is C14H24N2O3. The number of nitrogens with zero attached hydrogens (tertiary/aromatic N) is 1. The average molecular weight is 268 g/mol. The summed E-state index contributed by atoms with van der Waals surface area (Å²) in [6.07, 6.45) is 4.93. The number of ether oxygens (including phenoxy) is 2. The SMILES string of the molecule is NCC1CCC(C(=O)N(CC2CCOC2)C2CC2)O1. The molecule has 5 heteroatoms. The van der Waals surface area contributed by atoms with Crippen LogP contribution >= 0.6 is 0 Å². The Hall–Kier alpha value is -0.650. The Morgan fingerprint density at radius 2 is 2.05 bits per heavy atom. The highest BCUT2D eigenvalue weighted by Gasteiger charge is 2.40. The predicted molar refractivity (Wildman–Crippen MR) is 70.6 cm³/mol. The molecule has 19 heavy (non-hydrogen) atoms. The molecule has 0 aromatic heterocycles. The minimum Gasteiger partial charge on any atom is -0.381 e. The van der Waals surface area contributed by atoms with E-state index in [0.717, 1.165) is 51.9 Å². The quantitative estimate of drug-likeness (QED) is 0.789. The summed E-state index contributed by atoms with van der Waals surface area (Å²) >= 11 is 0. The maximum Gasteiger partial charge on any atom is 0.251 e. The molecule has 0 bridgehead atoms. The van der Waals surface area contributed by atoms with Crippen LogP contribution in [-0.4, -0.2) is 55.4 Å². The molecule has 2 N–H and O–H groups in total. The topological polar surface area (TPSA) is 64.8 Å². The molecule has 3 unspecified atom stereocenters. The molecule has 3 aliphatic rings. The highest BCUT2D eigenvalue weighted by Crippen LogP contribution is 2.31. The van der Waals surface area contributed by atoms with Gasteiger partial charge in [-0.3, -0.25) is 4.79 Å². The van der Waals surface area contributed by atoms with Crippen LogP contribution in [0.25, 0.3) is 0 Å². The molecule has 5 nitrogen and oxygen atoms in total. The van der Waals surface area contributed by atoms with Gasteiger partial charge in [0.05, 0.1) is 12.7 Å². The zero-order valence-corrected chi connectivity index (χ0v) is 11.4. The van der Waals surface area contributed by atoms with Crippen LogP contribution in [-0.2, 0) is 14.3 Å². The fraction of sp³-hybridized carbons (Fsp3) is 0.929. The smallest absolute Gasteiger partial charge is 0.251 e.